The Hall–Kier alpha value is -1.79. The summed E-state index contributed by atoms with van der Waals surface area (Å²) in [5.74, 6) is 0.935. The lowest BCUT2D eigenvalue weighted by Gasteiger charge is -2.38. The highest BCUT2D eigenvalue weighted by molar-refractivity contribution is 7.11. The molecule has 0 amide bonds. The third-order valence-electron chi connectivity index (χ3n) is 4.45. The van der Waals surface area contributed by atoms with Crippen LogP contribution < -0.4 is 10.2 Å². The molecule has 3 rings (SSSR count). The Balaban J connectivity index is 1.56. The molecular formula is C18H24ClN5S. The molecule has 0 radical (unpaired) electrons. The number of nitrogens with zero attached hydrogens (tertiary/aromatic N) is 4. The van der Waals surface area contributed by atoms with Crippen molar-refractivity contribution in [2.45, 2.75) is 20.4 Å². The van der Waals surface area contributed by atoms with Gasteiger partial charge in [-0.3, -0.25) is 4.99 Å². The van der Waals surface area contributed by atoms with Gasteiger partial charge in [-0.25, -0.2) is 4.98 Å². The van der Waals surface area contributed by atoms with Crippen LogP contribution in [0.2, 0.25) is 5.02 Å². The second-order valence-electron chi connectivity index (χ2n) is 6.08. The van der Waals surface area contributed by atoms with Gasteiger partial charge in [0.1, 0.15) is 5.01 Å². The molecule has 7 heteroatoms. The van der Waals surface area contributed by atoms with E-state index in [1.165, 1.54) is 4.88 Å². The predicted octanol–water partition coefficient (Wildman–Crippen LogP) is 3.31. The van der Waals surface area contributed by atoms with Crippen LogP contribution >= 0.6 is 22.9 Å². The number of aromatic nitrogens is 1. The van der Waals surface area contributed by atoms with Crippen molar-refractivity contribution in [3.63, 3.8) is 0 Å². The van der Waals surface area contributed by atoms with Gasteiger partial charge in [0.2, 0.25) is 0 Å². The molecule has 5 nitrogen and oxygen atoms in total. The van der Waals surface area contributed by atoms with Crippen molar-refractivity contribution in [3.8, 4) is 0 Å². The fourth-order valence-corrected chi connectivity index (χ4v) is 4.10. The third-order valence-corrected chi connectivity index (χ3v) is 5.85. The molecule has 0 aliphatic carbocycles. The minimum absolute atomic E-state index is 0.719. The number of para-hydroxylation sites is 1. The second kappa shape index (κ2) is 8.06. The zero-order chi connectivity index (χ0) is 17.8. The number of anilines is 1. The number of thiazole rings is 1. The Labute approximate surface area is 158 Å². The molecule has 2 aromatic rings. The molecule has 1 aromatic heterocycles. The van der Waals surface area contributed by atoms with Crippen molar-refractivity contribution < 1.29 is 0 Å². The molecule has 1 saturated heterocycles. The van der Waals surface area contributed by atoms with Crippen LogP contribution in [0.5, 0.6) is 0 Å². The number of guanidine groups is 1. The Morgan fingerprint density at radius 2 is 1.96 bits per heavy atom. The highest BCUT2D eigenvalue weighted by Gasteiger charge is 2.21. The first-order chi connectivity index (χ1) is 12.1. The van der Waals surface area contributed by atoms with Gasteiger partial charge >= 0.3 is 0 Å². The number of benzene rings is 1. The molecule has 1 aliphatic rings. The van der Waals surface area contributed by atoms with Crippen molar-refractivity contribution in [3.05, 3.63) is 44.9 Å². The summed E-state index contributed by atoms with van der Waals surface area (Å²) < 4.78 is 0. The fraction of sp³-hybridized carbons (Fsp3) is 0.444. The minimum atomic E-state index is 0.719. The number of hydrogen-bond donors (Lipinski definition) is 1. The van der Waals surface area contributed by atoms with Gasteiger partial charge < -0.3 is 15.1 Å². The quantitative estimate of drug-likeness (QED) is 0.658. The van der Waals surface area contributed by atoms with Gasteiger partial charge in [-0.2, -0.15) is 0 Å². The SMILES string of the molecule is CN=C(NCc1nc(C)c(C)s1)N1CCN(c2ccccc2Cl)CC1. The van der Waals surface area contributed by atoms with Gasteiger partial charge in [0.25, 0.3) is 0 Å². The van der Waals surface area contributed by atoms with Crippen LogP contribution in [0.4, 0.5) is 5.69 Å². The largest absolute Gasteiger partial charge is 0.367 e. The first-order valence-corrected chi connectivity index (χ1v) is 9.66. The van der Waals surface area contributed by atoms with E-state index in [-0.39, 0.29) is 0 Å². The topological polar surface area (TPSA) is 43.8 Å². The number of hydrogen-bond acceptors (Lipinski definition) is 4. The van der Waals surface area contributed by atoms with E-state index in [9.17, 15) is 0 Å². The molecule has 0 saturated carbocycles. The zero-order valence-corrected chi connectivity index (χ0v) is 16.5. The van der Waals surface area contributed by atoms with E-state index in [0.29, 0.717) is 0 Å². The van der Waals surface area contributed by atoms with Crippen LogP contribution in [0, 0.1) is 13.8 Å². The second-order valence-corrected chi connectivity index (χ2v) is 7.77. The summed E-state index contributed by atoms with van der Waals surface area (Å²) in [4.78, 5) is 14.9. The molecule has 1 aromatic carbocycles. The van der Waals surface area contributed by atoms with Crippen LogP contribution in [0.3, 0.4) is 0 Å². The number of piperazine rings is 1. The van der Waals surface area contributed by atoms with E-state index in [1.807, 2.05) is 25.2 Å². The lowest BCUT2D eigenvalue weighted by atomic mass is 10.2. The predicted molar refractivity (Wildman–Crippen MR) is 107 cm³/mol. The van der Waals surface area contributed by atoms with Crippen molar-refractivity contribution in [2.24, 2.45) is 4.99 Å². The summed E-state index contributed by atoms with van der Waals surface area (Å²) in [7, 11) is 1.83. The number of rotatable bonds is 3. The summed E-state index contributed by atoms with van der Waals surface area (Å²) in [5.41, 5.74) is 2.23. The molecule has 0 atom stereocenters. The fourth-order valence-electron chi connectivity index (χ4n) is 2.97. The summed E-state index contributed by atoms with van der Waals surface area (Å²) in [6.45, 7) is 8.58. The van der Waals surface area contributed by atoms with Crippen LogP contribution in [-0.2, 0) is 6.54 Å². The van der Waals surface area contributed by atoms with Gasteiger partial charge in [0, 0.05) is 38.1 Å². The van der Waals surface area contributed by atoms with E-state index in [0.717, 1.165) is 60.1 Å². The molecule has 0 unspecified atom stereocenters. The Kier molecular flexibility index (Phi) is 5.81. The van der Waals surface area contributed by atoms with Crippen molar-refractivity contribution in [1.29, 1.82) is 0 Å². The van der Waals surface area contributed by atoms with E-state index >= 15 is 0 Å². The monoisotopic (exact) mass is 377 g/mol. The van der Waals surface area contributed by atoms with E-state index in [1.54, 1.807) is 11.3 Å². The number of aliphatic imine (C=N–C) groups is 1. The lowest BCUT2D eigenvalue weighted by molar-refractivity contribution is 0.372. The van der Waals surface area contributed by atoms with Crippen LogP contribution in [0.15, 0.2) is 29.3 Å². The average molecular weight is 378 g/mol. The van der Waals surface area contributed by atoms with Crippen LogP contribution in [0.25, 0.3) is 0 Å². The van der Waals surface area contributed by atoms with Crippen LogP contribution in [0.1, 0.15) is 15.6 Å². The number of halogens is 1. The molecule has 1 fully saturated rings. The van der Waals surface area contributed by atoms with Crippen molar-refractivity contribution in [1.82, 2.24) is 15.2 Å². The molecule has 1 N–H and O–H groups in total. The molecule has 134 valence electrons. The van der Waals surface area contributed by atoms with Crippen molar-refractivity contribution in [2.75, 3.05) is 38.1 Å². The first kappa shape index (κ1) is 18.0. The normalized spacial score (nSPS) is 15.6. The summed E-state index contributed by atoms with van der Waals surface area (Å²) in [6.07, 6.45) is 0. The van der Waals surface area contributed by atoms with Gasteiger partial charge in [-0.05, 0) is 26.0 Å². The molecule has 0 spiro atoms. The molecule has 25 heavy (non-hydrogen) atoms. The summed E-state index contributed by atoms with van der Waals surface area (Å²) in [5, 5.41) is 5.36. The van der Waals surface area contributed by atoms with Gasteiger partial charge in [-0.15, -0.1) is 11.3 Å². The Morgan fingerprint density at radius 3 is 2.56 bits per heavy atom. The third kappa shape index (κ3) is 4.25. The Morgan fingerprint density at radius 1 is 1.24 bits per heavy atom. The van der Waals surface area contributed by atoms with Gasteiger partial charge in [-0.1, -0.05) is 23.7 Å². The van der Waals surface area contributed by atoms with Gasteiger partial charge in [0.15, 0.2) is 5.96 Å². The first-order valence-electron chi connectivity index (χ1n) is 8.46. The maximum absolute atomic E-state index is 6.32. The van der Waals surface area contributed by atoms with Crippen molar-refractivity contribution >= 4 is 34.6 Å². The maximum Gasteiger partial charge on any atom is 0.194 e. The zero-order valence-electron chi connectivity index (χ0n) is 14.9. The minimum Gasteiger partial charge on any atom is -0.367 e. The number of nitrogens with one attached hydrogen (secondary N) is 1. The van der Waals surface area contributed by atoms with Crippen LogP contribution in [-0.4, -0.2) is 49.1 Å². The highest BCUT2D eigenvalue weighted by atomic mass is 35.5. The summed E-state index contributed by atoms with van der Waals surface area (Å²) >= 11 is 8.06. The number of aryl methyl sites for hydroxylation is 2. The lowest BCUT2D eigenvalue weighted by Crippen LogP contribution is -2.52. The average Bonchev–Trinajstić information content (AvgIpc) is 2.94. The van der Waals surface area contributed by atoms with E-state index in [2.05, 4.69) is 45.0 Å². The summed E-state index contributed by atoms with van der Waals surface area (Å²) in [6, 6.07) is 8.03. The standard InChI is InChI=1S/C18H24ClN5S/c1-13-14(2)25-17(22-13)12-21-18(20-3)24-10-8-23(9-11-24)16-7-5-4-6-15(16)19/h4-7H,8-12H2,1-3H3,(H,20,21). The molecule has 1 aliphatic heterocycles. The highest BCUT2D eigenvalue weighted by Crippen LogP contribution is 2.26. The van der Waals surface area contributed by atoms with E-state index < -0.39 is 0 Å². The molecule has 2 heterocycles. The smallest absolute Gasteiger partial charge is 0.194 e. The molecule has 0 bridgehead atoms. The van der Waals surface area contributed by atoms with Gasteiger partial charge in [0.05, 0.1) is 22.9 Å². The Bertz CT molecular complexity index is 730. The maximum atomic E-state index is 6.32. The molecular weight excluding hydrogens is 354 g/mol. The van der Waals surface area contributed by atoms with E-state index in [4.69, 9.17) is 11.6 Å².